The number of amides is 1. The number of hydrogen-bond donors (Lipinski definition) is 0. The van der Waals surface area contributed by atoms with Crippen LogP contribution in [0.25, 0.3) is 0 Å². The number of benzene rings is 1. The lowest BCUT2D eigenvalue weighted by Gasteiger charge is -2.25. The second-order valence-electron chi connectivity index (χ2n) is 8.05. The molecular formula is C23H24N4O4. The molecular weight excluding hydrogens is 396 g/mol. The number of pyridine rings is 1. The molecule has 2 aromatic heterocycles. The Labute approximate surface area is 179 Å². The van der Waals surface area contributed by atoms with Crippen molar-refractivity contribution in [3.8, 4) is 11.5 Å². The Bertz CT molecular complexity index is 1170. The Kier molecular flexibility index (Phi) is 4.97. The average Bonchev–Trinajstić information content (AvgIpc) is 3.52. The Morgan fingerprint density at radius 2 is 2.06 bits per heavy atom. The van der Waals surface area contributed by atoms with E-state index >= 15 is 0 Å². The van der Waals surface area contributed by atoms with Crippen molar-refractivity contribution >= 4 is 5.91 Å². The van der Waals surface area contributed by atoms with Crippen molar-refractivity contribution in [2.75, 3.05) is 13.3 Å². The van der Waals surface area contributed by atoms with Gasteiger partial charge in [-0.1, -0.05) is 6.07 Å². The van der Waals surface area contributed by atoms with Crippen molar-refractivity contribution in [1.29, 1.82) is 0 Å². The second kappa shape index (κ2) is 7.94. The molecule has 1 saturated heterocycles. The number of rotatable bonds is 5. The number of ether oxygens (including phenoxy) is 2. The summed E-state index contributed by atoms with van der Waals surface area (Å²) in [7, 11) is 0. The van der Waals surface area contributed by atoms with Crippen molar-refractivity contribution in [3.63, 3.8) is 0 Å². The van der Waals surface area contributed by atoms with E-state index in [2.05, 4.69) is 4.98 Å². The van der Waals surface area contributed by atoms with E-state index in [4.69, 9.17) is 9.47 Å². The Morgan fingerprint density at radius 3 is 2.90 bits per heavy atom. The fourth-order valence-electron chi connectivity index (χ4n) is 4.36. The predicted molar refractivity (Wildman–Crippen MR) is 113 cm³/mol. The van der Waals surface area contributed by atoms with Crippen LogP contribution >= 0.6 is 0 Å². The van der Waals surface area contributed by atoms with Crippen LogP contribution in [0, 0.1) is 6.92 Å². The summed E-state index contributed by atoms with van der Waals surface area (Å²) in [5.41, 5.74) is 1.59. The van der Waals surface area contributed by atoms with Crippen LogP contribution in [0.2, 0.25) is 0 Å². The van der Waals surface area contributed by atoms with E-state index in [1.54, 1.807) is 23.3 Å². The molecule has 2 aliphatic rings. The summed E-state index contributed by atoms with van der Waals surface area (Å²) < 4.78 is 14.3. The molecule has 160 valence electrons. The highest BCUT2D eigenvalue weighted by Gasteiger charge is 2.32. The zero-order valence-electron chi connectivity index (χ0n) is 17.4. The fraction of sp³-hybridized carbons (Fsp3) is 0.348. The highest BCUT2D eigenvalue weighted by molar-refractivity contribution is 5.95. The Morgan fingerprint density at radius 1 is 1.19 bits per heavy atom. The van der Waals surface area contributed by atoms with E-state index < -0.39 is 0 Å². The van der Waals surface area contributed by atoms with Crippen molar-refractivity contribution in [2.24, 2.45) is 0 Å². The highest BCUT2D eigenvalue weighted by atomic mass is 16.7. The summed E-state index contributed by atoms with van der Waals surface area (Å²) in [5, 5.41) is 0. The molecule has 8 heteroatoms. The number of carbonyl (C=O) groups excluding carboxylic acids is 1. The summed E-state index contributed by atoms with van der Waals surface area (Å²) in [6.07, 6.45) is 8.98. The first kappa shape index (κ1) is 19.4. The summed E-state index contributed by atoms with van der Waals surface area (Å²) in [4.78, 5) is 32.7. The second-order valence-corrected chi connectivity index (χ2v) is 8.05. The smallest absolute Gasteiger partial charge is 0.263 e. The van der Waals surface area contributed by atoms with Crippen molar-refractivity contribution in [3.05, 3.63) is 76.2 Å². The quantitative estimate of drug-likeness (QED) is 0.634. The van der Waals surface area contributed by atoms with Crippen LogP contribution in [0.5, 0.6) is 11.5 Å². The van der Waals surface area contributed by atoms with Crippen molar-refractivity contribution in [1.82, 2.24) is 19.0 Å². The predicted octanol–water partition coefficient (Wildman–Crippen LogP) is 2.44. The van der Waals surface area contributed by atoms with E-state index in [0.29, 0.717) is 36.7 Å². The molecule has 0 bridgehead atoms. The van der Waals surface area contributed by atoms with Gasteiger partial charge < -0.3 is 23.5 Å². The highest BCUT2D eigenvalue weighted by Crippen LogP contribution is 2.32. The van der Waals surface area contributed by atoms with Gasteiger partial charge in [-0.05, 0) is 49.1 Å². The minimum Gasteiger partial charge on any atom is -0.454 e. The molecule has 0 aliphatic carbocycles. The van der Waals surface area contributed by atoms with Crippen LogP contribution in [0.1, 0.15) is 34.3 Å². The maximum atomic E-state index is 13.4. The standard InChI is InChI=1S/C23H24N4O4/c1-16-6-9-26(12-17-4-5-19-20(11-17)31-15-30-19)22(28)21(16)23(29)27-8-2-3-18(27)13-25-10-7-24-14-25/h4-7,9-11,14,18H,2-3,8,12-13,15H2,1H3. The van der Waals surface area contributed by atoms with Gasteiger partial charge in [-0.25, -0.2) is 4.98 Å². The normalized spacial score (nSPS) is 17.3. The minimum atomic E-state index is -0.268. The van der Waals surface area contributed by atoms with Gasteiger partial charge in [0.05, 0.1) is 18.9 Å². The summed E-state index contributed by atoms with van der Waals surface area (Å²) >= 11 is 0. The molecule has 1 fully saturated rings. The number of aryl methyl sites for hydroxylation is 1. The van der Waals surface area contributed by atoms with Gasteiger partial charge in [0.1, 0.15) is 5.56 Å². The van der Waals surface area contributed by atoms with Gasteiger partial charge in [-0.3, -0.25) is 9.59 Å². The first-order valence-electron chi connectivity index (χ1n) is 10.5. The number of fused-ring (bicyclic) bond motifs is 1. The zero-order chi connectivity index (χ0) is 21.4. The first-order chi connectivity index (χ1) is 15.1. The third kappa shape index (κ3) is 3.69. The molecule has 1 aromatic carbocycles. The summed E-state index contributed by atoms with van der Waals surface area (Å²) in [6, 6.07) is 7.51. The molecule has 0 saturated carbocycles. The van der Waals surface area contributed by atoms with Crippen LogP contribution in [0.4, 0.5) is 0 Å². The third-order valence-corrected chi connectivity index (χ3v) is 6.00. The molecule has 0 spiro atoms. The number of likely N-dealkylation sites (tertiary alicyclic amines) is 1. The number of hydrogen-bond acceptors (Lipinski definition) is 5. The average molecular weight is 420 g/mol. The minimum absolute atomic E-state index is 0.0583. The van der Waals surface area contributed by atoms with E-state index in [1.165, 1.54) is 0 Å². The van der Waals surface area contributed by atoms with Gasteiger partial charge in [0.15, 0.2) is 11.5 Å². The molecule has 1 unspecified atom stereocenters. The molecule has 4 heterocycles. The molecule has 2 aliphatic heterocycles. The lowest BCUT2D eigenvalue weighted by atomic mass is 10.1. The van der Waals surface area contributed by atoms with Crippen LogP contribution in [0.3, 0.4) is 0 Å². The first-order valence-corrected chi connectivity index (χ1v) is 10.5. The Hall–Kier alpha value is -3.55. The van der Waals surface area contributed by atoms with E-state index in [0.717, 1.165) is 18.4 Å². The molecule has 3 aromatic rings. The lowest BCUT2D eigenvalue weighted by Crippen LogP contribution is -2.41. The van der Waals surface area contributed by atoms with Crippen molar-refractivity contribution in [2.45, 2.75) is 38.9 Å². The fourth-order valence-corrected chi connectivity index (χ4v) is 4.36. The maximum absolute atomic E-state index is 13.4. The van der Waals surface area contributed by atoms with Crippen molar-refractivity contribution < 1.29 is 14.3 Å². The van der Waals surface area contributed by atoms with E-state index in [1.807, 2.05) is 46.9 Å². The number of aromatic nitrogens is 3. The lowest BCUT2D eigenvalue weighted by molar-refractivity contribution is 0.0721. The Balaban J connectivity index is 1.41. The van der Waals surface area contributed by atoms with E-state index in [9.17, 15) is 9.59 Å². The number of nitrogens with zero attached hydrogens (tertiary/aromatic N) is 4. The van der Waals surface area contributed by atoms with Crippen LogP contribution in [-0.4, -0.2) is 44.3 Å². The zero-order valence-corrected chi connectivity index (χ0v) is 17.4. The summed E-state index contributed by atoms with van der Waals surface area (Å²) in [6.45, 7) is 3.73. The molecule has 8 nitrogen and oxygen atoms in total. The van der Waals surface area contributed by atoms with Gasteiger partial charge in [-0.2, -0.15) is 0 Å². The third-order valence-electron chi connectivity index (χ3n) is 6.00. The van der Waals surface area contributed by atoms with Gasteiger partial charge >= 0.3 is 0 Å². The molecule has 1 atom stereocenters. The van der Waals surface area contributed by atoms with Gasteiger partial charge in [0, 0.05) is 31.7 Å². The summed E-state index contributed by atoms with van der Waals surface area (Å²) in [5.74, 6) is 1.19. The SMILES string of the molecule is Cc1ccn(Cc2ccc3c(c2)OCO3)c(=O)c1C(=O)N1CCCC1Cn1ccnc1. The molecule has 0 radical (unpaired) electrons. The maximum Gasteiger partial charge on any atom is 0.263 e. The van der Waals surface area contributed by atoms with Crippen LogP contribution < -0.4 is 15.0 Å². The van der Waals surface area contributed by atoms with E-state index in [-0.39, 0.29) is 29.9 Å². The molecule has 31 heavy (non-hydrogen) atoms. The van der Waals surface area contributed by atoms with Crippen LogP contribution in [0.15, 0.2) is 54.0 Å². The van der Waals surface area contributed by atoms with Gasteiger partial charge in [0.2, 0.25) is 6.79 Å². The monoisotopic (exact) mass is 420 g/mol. The number of imidazole rings is 1. The number of carbonyl (C=O) groups is 1. The van der Waals surface area contributed by atoms with Gasteiger partial charge in [-0.15, -0.1) is 0 Å². The molecule has 1 amide bonds. The molecule has 0 N–H and O–H groups in total. The topological polar surface area (TPSA) is 78.6 Å². The van der Waals surface area contributed by atoms with Gasteiger partial charge in [0.25, 0.3) is 11.5 Å². The molecule has 5 rings (SSSR count). The van der Waals surface area contributed by atoms with Crippen LogP contribution in [-0.2, 0) is 13.1 Å². The largest absolute Gasteiger partial charge is 0.454 e.